The van der Waals surface area contributed by atoms with Crippen LogP contribution in [0.4, 0.5) is 4.39 Å². The van der Waals surface area contributed by atoms with Crippen LogP contribution in [0.15, 0.2) is 47.6 Å². The SMILES string of the molecule is O=C(CSc1cccc[n+]1[O-])N[C@H]1CCCOc2ccc(F)cc21. The molecule has 0 unspecified atom stereocenters. The molecular formula is C17H17FN2O3S. The summed E-state index contributed by atoms with van der Waals surface area (Å²) in [7, 11) is 0. The summed E-state index contributed by atoms with van der Waals surface area (Å²) in [4.78, 5) is 12.2. The second-order valence-corrected chi connectivity index (χ2v) is 6.44. The zero-order valence-corrected chi connectivity index (χ0v) is 13.7. The van der Waals surface area contributed by atoms with Crippen LogP contribution in [0.3, 0.4) is 0 Å². The number of benzene rings is 1. The van der Waals surface area contributed by atoms with Crippen LogP contribution in [0.1, 0.15) is 24.4 Å². The number of halogens is 1. The van der Waals surface area contributed by atoms with Crippen molar-refractivity contribution in [2.75, 3.05) is 12.4 Å². The minimum absolute atomic E-state index is 0.119. The molecular weight excluding hydrogens is 331 g/mol. The molecule has 24 heavy (non-hydrogen) atoms. The van der Waals surface area contributed by atoms with Crippen LogP contribution in [0, 0.1) is 11.0 Å². The lowest BCUT2D eigenvalue weighted by atomic mass is 10.0. The fourth-order valence-corrected chi connectivity index (χ4v) is 3.32. The smallest absolute Gasteiger partial charge is 0.251 e. The number of pyridine rings is 1. The van der Waals surface area contributed by atoms with Crippen LogP contribution >= 0.6 is 11.8 Å². The third kappa shape index (κ3) is 3.97. The molecule has 0 spiro atoms. The van der Waals surface area contributed by atoms with Gasteiger partial charge in [-0.1, -0.05) is 0 Å². The monoisotopic (exact) mass is 348 g/mol. The number of nitrogens with zero attached hydrogens (tertiary/aromatic N) is 1. The molecule has 1 aliphatic heterocycles. The molecule has 1 aliphatic rings. The Hall–Kier alpha value is -2.28. The van der Waals surface area contributed by atoms with E-state index in [4.69, 9.17) is 4.74 Å². The van der Waals surface area contributed by atoms with Crippen molar-refractivity contribution in [2.24, 2.45) is 0 Å². The molecule has 0 aliphatic carbocycles. The first-order chi connectivity index (χ1) is 11.6. The average Bonchev–Trinajstić information content (AvgIpc) is 2.76. The van der Waals surface area contributed by atoms with Crippen molar-refractivity contribution in [3.05, 3.63) is 59.2 Å². The summed E-state index contributed by atoms with van der Waals surface area (Å²) in [6.07, 6.45) is 2.84. The molecule has 0 bridgehead atoms. The quantitative estimate of drug-likeness (QED) is 0.524. The maximum absolute atomic E-state index is 13.5. The Morgan fingerprint density at radius 1 is 1.42 bits per heavy atom. The molecule has 2 aromatic rings. The van der Waals surface area contributed by atoms with Gasteiger partial charge in [0.15, 0.2) is 6.20 Å². The number of fused-ring (bicyclic) bond motifs is 1. The molecule has 1 atom stereocenters. The fourth-order valence-electron chi connectivity index (χ4n) is 2.60. The number of hydrogen-bond acceptors (Lipinski definition) is 4. The summed E-state index contributed by atoms with van der Waals surface area (Å²) >= 11 is 1.17. The van der Waals surface area contributed by atoms with E-state index in [1.165, 1.54) is 30.1 Å². The van der Waals surface area contributed by atoms with Gasteiger partial charge in [0, 0.05) is 17.7 Å². The third-order valence-corrected chi connectivity index (χ3v) is 4.74. The van der Waals surface area contributed by atoms with Crippen LogP contribution in [-0.4, -0.2) is 18.3 Å². The van der Waals surface area contributed by atoms with Crippen LogP contribution in [0.5, 0.6) is 5.75 Å². The number of carbonyl (C=O) groups excluding carboxylic acids is 1. The van der Waals surface area contributed by atoms with Crippen molar-refractivity contribution in [3.8, 4) is 5.75 Å². The molecule has 5 nitrogen and oxygen atoms in total. The van der Waals surface area contributed by atoms with Crippen molar-refractivity contribution in [2.45, 2.75) is 23.9 Å². The molecule has 1 aromatic carbocycles. The molecule has 0 radical (unpaired) electrons. The van der Waals surface area contributed by atoms with Crippen molar-refractivity contribution in [3.63, 3.8) is 0 Å². The highest BCUT2D eigenvalue weighted by Gasteiger charge is 2.22. The highest BCUT2D eigenvalue weighted by molar-refractivity contribution is 7.99. The number of thioether (sulfide) groups is 1. The van der Waals surface area contributed by atoms with Gasteiger partial charge in [-0.15, -0.1) is 0 Å². The first-order valence-corrected chi connectivity index (χ1v) is 8.64. The largest absolute Gasteiger partial charge is 0.618 e. The van der Waals surface area contributed by atoms with Gasteiger partial charge in [-0.2, -0.15) is 4.73 Å². The van der Waals surface area contributed by atoms with Gasteiger partial charge in [0.1, 0.15) is 11.6 Å². The summed E-state index contributed by atoms with van der Waals surface area (Å²) < 4.78 is 19.9. The average molecular weight is 348 g/mol. The van der Waals surface area contributed by atoms with Crippen molar-refractivity contribution in [1.82, 2.24) is 5.32 Å². The zero-order chi connectivity index (χ0) is 16.9. The van der Waals surface area contributed by atoms with Gasteiger partial charge < -0.3 is 15.3 Å². The van der Waals surface area contributed by atoms with Gasteiger partial charge in [0.05, 0.1) is 18.4 Å². The van der Waals surface area contributed by atoms with Gasteiger partial charge in [0.2, 0.25) is 5.91 Å². The maximum Gasteiger partial charge on any atom is 0.251 e. The predicted molar refractivity (Wildman–Crippen MR) is 88.1 cm³/mol. The molecule has 3 rings (SSSR count). The standard InChI is InChI=1S/C17H17FN2O3S/c18-12-6-7-15-13(10-12)14(4-3-9-23-15)19-16(21)11-24-17-5-1-2-8-20(17)22/h1-2,5-8,10,14H,3-4,9,11H2,(H,19,21)/t14-/m0/s1. The number of ether oxygens (including phenoxy) is 1. The number of aromatic nitrogens is 1. The summed E-state index contributed by atoms with van der Waals surface area (Å²) in [5, 5.41) is 14.9. The van der Waals surface area contributed by atoms with Gasteiger partial charge in [-0.05, 0) is 48.9 Å². The minimum Gasteiger partial charge on any atom is -0.618 e. The number of carbonyl (C=O) groups is 1. The first-order valence-electron chi connectivity index (χ1n) is 7.66. The molecule has 2 heterocycles. The first kappa shape index (κ1) is 16.6. The normalized spacial score (nSPS) is 16.6. The molecule has 1 N–H and O–H groups in total. The summed E-state index contributed by atoms with van der Waals surface area (Å²) in [5.41, 5.74) is 0.657. The van der Waals surface area contributed by atoms with Crippen molar-refractivity contribution < 1.29 is 18.7 Å². The Bertz CT molecular complexity index is 742. The molecule has 1 aromatic heterocycles. The van der Waals surface area contributed by atoms with E-state index < -0.39 is 0 Å². The lowest BCUT2D eigenvalue weighted by Gasteiger charge is -2.18. The van der Waals surface area contributed by atoms with E-state index in [-0.39, 0.29) is 23.5 Å². The molecule has 1 amide bonds. The van der Waals surface area contributed by atoms with Crippen LogP contribution < -0.4 is 14.8 Å². The number of nitrogens with one attached hydrogen (secondary N) is 1. The van der Waals surface area contributed by atoms with Crippen LogP contribution in [0.2, 0.25) is 0 Å². The van der Waals surface area contributed by atoms with Gasteiger partial charge in [-0.3, -0.25) is 4.79 Å². The molecule has 0 saturated heterocycles. The fraction of sp³-hybridized carbons (Fsp3) is 0.294. The maximum atomic E-state index is 13.5. The van der Waals surface area contributed by atoms with Crippen molar-refractivity contribution in [1.29, 1.82) is 0 Å². The van der Waals surface area contributed by atoms with E-state index in [0.717, 1.165) is 11.2 Å². The van der Waals surface area contributed by atoms with E-state index >= 15 is 0 Å². The Kier molecular flexibility index (Phi) is 5.20. The second kappa shape index (κ2) is 7.53. The lowest BCUT2D eigenvalue weighted by molar-refractivity contribution is -0.645. The highest BCUT2D eigenvalue weighted by atomic mass is 32.2. The van der Waals surface area contributed by atoms with Crippen LogP contribution in [-0.2, 0) is 4.79 Å². The summed E-state index contributed by atoms with van der Waals surface area (Å²) in [5.74, 6) is 0.164. The number of amides is 1. The predicted octanol–water partition coefficient (Wildman–Crippen LogP) is 2.58. The van der Waals surface area contributed by atoms with Crippen molar-refractivity contribution >= 4 is 17.7 Å². The van der Waals surface area contributed by atoms with E-state index in [1.807, 2.05) is 0 Å². The van der Waals surface area contributed by atoms with E-state index in [2.05, 4.69) is 5.32 Å². The number of rotatable bonds is 4. The van der Waals surface area contributed by atoms with E-state index in [9.17, 15) is 14.4 Å². The van der Waals surface area contributed by atoms with E-state index in [0.29, 0.717) is 29.4 Å². The molecule has 7 heteroatoms. The summed E-state index contributed by atoms with van der Waals surface area (Å²) in [6, 6.07) is 9.10. The zero-order valence-electron chi connectivity index (χ0n) is 12.9. The Labute approximate surface area is 143 Å². The molecule has 0 saturated carbocycles. The highest BCUT2D eigenvalue weighted by Crippen LogP contribution is 2.32. The lowest BCUT2D eigenvalue weighted by Crippen LogP contribution is -2.32. The van der Waals surface area contributed by atoms with Gasteiger partial charge in [0.25, 0.3) is 5.03 Å². The number of hydrogen-bond donors (Lipinski definition) is 1. The minimum atomic E-state index is -0.357. The van der Waals surface area contributed by atoms with Crippen LogP contribution in [0.25, 0.3) is 0 Å². The van der Waals surface area contributed by atoms with Gasteiger partial charge >= 0.3 is 0 Å². The summed E-state index contributed by atoms with van der Waals surface area (Å²) in [6.45, 7) is 0.542. The Morgan fingerprint density at radius 2 is 2.29 bits per heavy atom. The Morgan fingerprint density at radius 3 is 3.12 bits per heavy atom. The third-order valence-electron chi connectivity index (χ3n) is 3.72. The topological polar surface area (TPSA) is 65.3 Å². The molecule has 0 fully saturated rings. The van der Waals surface area contributed by atoms with E-state index in [1.54, 1.807) is 24.3 Å². The molecule has 126 valence electrons. The Balaban J connectivity index is 1.66. The van der Waals surface area contributed by atoms with Gasteiger partial charge in [-0.25, -0.2) is 4.39 Å². The second-order valence-electron chi connectivity index (χ2n) is 5.45.